The standard InChI is InChI=1S/C19H26N4O3S2/c1-12-9-13(2)15(4)18(14(12)3)28(25,26)21-10-17(24)22-16-5-7-23(11-16)19-20-6-8-27-19/h6,8-9,16,21H,5,7,10-11H2,1-4H3,(H,22,24). The zero-order chi connectivity index (χ0) is 20.5. The second-order valence-electron chi connectivity index (χ2n) is 7.23. The summed E-state index contributed by atoms with van der Waals surface area (Å²) in [6, 6.07) is 1.97. The number of rotatable bonds is 6. The van der Waals surface area contributed by atoms with E-state index >= 15 is 0 Å². The molecule has 1 fully saturated rings. The lowest BCUT2D eigenvalue weighted by Crippen LogP contribution is -2.43. The van der Waals surface area contributed by atoms with Gasteiger partial charge in [-0.25, -0.2) is 18.1 Å². The Hall–Kier alpha value is -1.97. The molecule has 1 unspecified atom stereocenters. The van der Waals surface area contributed by atoms with Crippen molar-refractivity contribution in [3.63, 3.8) is 0 Å². The Labute approximate surface area is 170 Å². The molecule has 7 nitrogen and oxygen atoms in total. The maximum atomic E-state index is 12.8. The Bertz CT molecular complexity index is 945. The number of aryl methyl sites for hydroxylation is 2. The van der Waals surface area contributed by atoms with E-state index in [0.717, 1.165) is 29.2 Å². The van der Waals surface area contributed by atoms with Crippen LogP contribution in [-0.4, -0.2) is 45.0 Å². The van der Waals surface area contributed by atoms with Crippen molar-refractivity contribution >= 4 is 32.4 Å². The molecule has 1 aromatic heterocycles. The van der Waals surface area contributed by atoms with E-state index in [0.29, 0.717) is 17.7 Å². The highest BCUT2D eigenvalue weighted by Crippen LogP contribution is 2.26. The Morgan fingerprint density at radius 3 is 2.54 bits per heavy atom. The van der Waals surface area contributed by atoms with Crippen molar-refractivity contribution in [2.45, 2.75) is 45.1 Å². The molecule has 0 spiro atoms. The van der Waals surface area contributed by atoms with Gasteiger partial charge in [0.2, 0.25) is 15.9 Å². The molecule has 1 atom stereocenters. The fourth-order valence-corrected chi connectivity index (χ4v) is 5.79. The summed E-state index contributed by atoms with van der Waals surface area (Å²) < 4.78 is 28.1. The Morgan fingerprint density at radius 1 is 1.25 bits per heavy atom. The van der Waals surface area contributed by atoms with Gasteiger partial charge in [-0.1, -0.05) is 6.07 Å². The zero-order valence-electron chi connectivity index (χ0n) is 16.6. The third-order valence-electron chi connectivity index (χ3n) is 5.23. The van der Waals surface area contributed by atoms with E-state index in [2.05, 4.69) is 19.9 Å². The molecule has 3 rings (SSSR count). The van der Waals surface area contributed by atoms with Crippen molar-refractivity contribution < 1.29 is 13.2 Å². The van der Waals surface area contributed by atoms with Crippen molar-refractivity contribution in [1.29, 1.82) is 0 Å². The van der Waals surface area contributed by atoms with Crippen molar-refractivity contribution in [3.05, 3.63) is 39.9 Å². The second-order valence-corrected chi connectivity index (χ2v) is 9.80. The van der Waals surface area contributed by atoms with Gasteiger partial charge in [0.1, 0.15) is 0 Å². The highest BCUT2D eigenvalue weighted by atomic mass is 32.2. The number of carbonyl (C=O) groups excluding carboxylic acids is 1. The molecular weight excluding hydrogens is 396 g/mol. The minimum absolute atomic E-state index is 0.00871. The number of amides is 1. The summed E-state index contributed by atoms with van der Waals surface area (Å²) in [5.41, 5.74) is 3.26. The van der Waals surface area contributed by atoms with Crippen molar-refractivity contribution in [3.8, 4) is 0 Å². The minimum atomic E-state index is -3.77. The Kier molecular flexibility index (Phi) is 6.07. The summed E-state index contributed by atoms with van der Waals surface area (Å²) in [4.78, 5) is 19.0. The maximum Gasteiger partial charge on any atom is 0.241 e. The van der Waals surface area contributed by atoms with Crippen LogP contribution >= 0.6 is 11.3 Å². The summed E-state index contributed by atoms with van der Waals surface area (Å²) in [6.07, 6.45) is 2.57. The minimum Gasteiger partial charge on any atom is -0.350 e. The number of sulfonamides is 1. The molecular formula is C19H26N4O3S2. The molecule has 2 aromatic rings. The average Bonchev–Trinajstić information content (AvgIpc) is 3.30. The van der Waals surface area contributed by atoms with Crippen LogP contribution in [0.1, 0.15) is 28.7 Å². The number of thiazole rings is 1. The summed E-state index contributed by atoms with van der Waals surface area (Å²) in [5, 5.41) is 5.78. The number of benzene rings is 1. The highest BCUT2D eigenvalue weighted by molar-refractivity contribution is 7.89. The smallest absolute Gasteiger partial charge is 0.241 e. The van der Waals surface area contributed by atoms with Gasteiger partial charge in [0.05, 0.1) is 11.4 Å². The first-order valence-electron chi connectivity index (χ1n) is 9.20. The first-order valence-corrected chi connectivity index (χ1v) is 11.6. The number of anilines is 1. The van der Waals surface area contributed by atoms with Crippen LogP contribution in [0, 0.1) is 27.7 Å². The van der Waals surface area contributed by atoms with E-state index in [1.807, 2.05) is 25.3 Å². The predicted octanol–water partition coefficient (Wildman–Crippen LogP) is 2.05. The molecule has 9 heteroatoms. The summed E-state index contributed by atoms with van der Waals surface area (Å²) in [6.45, 7) is 8.60. The lowest BCUT2D eigenvalue weighted by Gasteiger charge is -2.17. The molecule has 2 heterocycles. The van der Waals surface area contributed by atoms with Gasteiger partial charge in [-0.2, -0.15) is 0 Å². The topological polar surface area (TPSA) is 91.4 Å². The quantitative estimate of drug-likeness (QED) is 0.743. The molecule has 28 heavy (non-hydrogen) atoms. The van der Waals surface area contributed by atoms with E-state index in [1.54, 1.807) is 31.4 Å². The van der Waals surface area contributed by atoms with Crippen LogP contribution < -0.4 is 14.9 Å². The molecule has 0 aliphatic carbocycles. The molecule has 1 saturated heterocycles. The maximum absolute atomic E-state index is 12.8. The first-order chi connectivity index (χ1) is 13.2. The number of nitrogens with one attached hydrogen (secondary N) is 2. The second kappa shape index (κ2) is 8.18. The van der Waals surface area contributed by atoms with Gasteiger partial charge >= 0.3 is 0 Å². The monoisotopic (exact) mass is 422 g/mol. The van der Waals surface area contributed by atoms with Crippen LogP contribution in [0.2, 0.25) is 0 Å². The third kappa shape index (κ3) is 4.37. The van der Waals surface area contributed by atoms with Gasteiger partial charge in [0, 0.05) is 30.7 Å². The number of carbonyl (C=O) groups is 1. The molecule has 152 valence electrons. The Balaban J connectivity index is 1.60. The lowest BCUT2D eigenvalue weighted by atomic mass is 10.0. The molecule has 0 bridgehead atoms. The number of aromatic nitrogens is 1. The van der Waals surface area contributed by atoms with Gasteiger partial charge in [-0.15, -0.1) is 11.3 Å². The van der Waals surface area contributed by atoms with Gasteiger partial charge in [-0.3, -0.25) is 4.79 Å². The normalized spacial score (nSPS) is 17.1. The average molecular weight is 423 g/mol. The van der Waals surface area contributed by atoms with Crippen LogP contribution in [0.15, 0.2) is 22.5 Å². The molecule has 0 radical (unpaired) electrons. The molecule has 1 aromatic carbocycles. The number of hydrogen-bond acceptors (Lipinski definition) is 6. The largest absolute Gasteiger partial charge is 0.350 e. The fourth-order valence-electron chi connectivity index (χ4n) is 3.52. The molecule has 1 amide bonds. The molecule has 1 aliphatic rings. The fraction of sp³-hybridized carbons (Fsp3) is 0.474. The van der Waals surface area contributed by atoms with Crippen LogP contribution in [0.25, 0.3) is 0 Å². The van der Waals surface area contributed by atoms with E-state index in [1.165, 1.54) is 0 Å². The SMILES string of the molecule is Cc1cc(C)c(C)c(S(=O)(=O)NCC(=O)NC2CCN(c3nccs3)C2)c1C. The van der Waals surface area contributed by atoms with E-state index in [-0.39, 0.29) is 23.4 Å². The molecule has 0 saturated carbocycles. The van der Waals surface area contributed by atoms with Crippen molar-refractivity contribution in [1.82, 2.24) is 15.0 Å². The number of nitrogens with zero attached hydrogens (tertiary/aromatic N) is 2. The molecule has 2 N–H and O–H groups in total. The predicted molar refractivity (Wildman–Crippen MR) is 111 cm³/mol. The van der Waals surface area contributed by atoms with Crippen LogP contribution in [-0.2, 0) is 14.8 Å². The van der Waals surface area contributed by atoms with Crippen molar-refractivity contribution in [2.75, 3.05) is 24.5 Å². The van der Waals surface area contributed by atoms with Gasteiger partial charge in [0.15, 0.2) is 5.13 Å². The van der Waals surface area contributed by atoms with E-state index in [9.17, 15) is 13.2 Å². The Morgan fingerprint density at radius 2 is 1.93 bits per heavy atom. The van der Waals surface area contributed by atoms with Crippen LogP contribution in [0.4, 0.5) is 5.13 Å². The summed E-state index contributed by atoms with van der Waals surface area (Å²) in [5.74, 6) is -0.325. The molecule has 1 aliphatic heterocycles. The van der Waals surface area contributed by atoms with E-state index in [4.69, 9.17) is 0 Å². The van der Waals surface area contributed by atoms with Gasteiger partial charge in [0.25, 0.3) is 0 Å². The van der Waals surface area contributed by atoms with Crippen molar-refractivity contribution in [2.24, 2.45) is 0 Å². The van der Waals surface area contributed by atoms with Gasteiger partial charge in [-0.05, 0) is 56.4 Å². The first kappa shape index (κ1) is 20.8. The zero-order valence-corrected chi connectivity index (χ0v) is 18.2. The summed E-state index contributed by atoms with van der Waals surface area (Å²) in [7, 11) is -3.77. The van der Waals surface area contributed by atoms with Crippen LogP contribution in [0.5, 0.6) is 0 Å². The van der Waals surface area contributed by atoms with E-state index < -0.39 is 10.0 Å². The summed E-state index contributed by atoms with van der Waals surface area (Å²) >= 11 is 1.57. The van der Waals surface area contributed by atoms with Crippen LogP contribution in [0.3, 0.4) is 0 Å². The lowest BCUT2D eigenvalue weighted by molar-refractivity contribution is -0.120. The third-order valence-corrected chi connectivity index (χ3v) is 7.74. The number of hydrogen-bond donors (Lipinski definition) is 2. The highest BCUT2D eigenvalue weighted by Gasteiger charge is 2.27. The van der Waals surface area contributed by atoms with Gasteiger partial charge < -0.3 is 10.2 Å².